The number of aryl methyl sites for hydroxylation is 2. The average Bonchev–Trinajstić information content (AvgIpc) is 3.50. The first-order chi connectivity index (χ1) is 18.6. The summed E-state index contributed by atoms with van der Waals surface area (Å²) in [6.07, 6.45) is -3.57. The first-order valence-electron chi connectivity index (χ1n) is 11.4. The highest BCUT2D eigenvalue weighted by atomic mass is 31.3. The van der Waals surface area contributed by atoms with Crippen molar-refractivity contribution in [2.75, 3.05) is 6.61 Å². The molecule has 2 aliphatic heterocycles. The highest BCUT2D eigenvalue weighted by Gasteiger charge is 2.55. The third-order valence-electron chi connectivity index (χ3n) is 5.84. The fourth-order valence-corrected chi connectivity index (χ4v) is 7.30. The Bertz CT molecular complexity index is 1620. The molecule has 2 aromatic heterocycles. The molecule has 4 unspecified atom stereocenters. The van der Waals surface area contributed by atoms with E-state index in [0.29, 0.717) is 11.4 Å². The van der Waals surface area contributed by atoms with Crippen molar-refractivity contribution in [1.82, 2.24) is 19.5 Å². The van der Waals surface area contributed by atoms with Crippen LogP contribution >= 0.6 is 23.5 Å². The van der Waals surface area contributed by atoms with Crippen LogP contribution in [0.1, 0.15) is 29.5 Å². The SMILES string of the molecule is Cc1ccc(C2OC3[C@@H](COP(=O)(O)OP(=O)(O)OP(=O)(O)O)O[C@@H](n4cnc5c(=O)[nH]c(C)nc54)[C@H]3O2)cc1. The number of fused-ring (bicyclic) bond motifs is 2. The van der Waals surface area contributed by atoms with Crippen molar-refractivity contribution >= 4 is 34.6 Å². The summed E-state index contributed by atoms with van der Waals surface area (Å²) in [5, 5.41) is 0. The molecule has 4 heterocycles. The van der Waals surface area contributed by atoms with Crippen molar-refractivity contribution in [2.45, 2.75) is 44.7 Å². The van der Waals surface area contributed by atoms with E-state index < -0.39 is 66.5 Å². The Morgan fingerprint density at radius 3 is 2.33 bits per heavy atom. The molecule has 0 radical (unpaired) electrons. The summed E-state index contributed by atoms with van der Waals surface area (Å²) in [5.74, 6) is 0.305. The molecule has 0 aliphatic carbocycles. The van der Waals surface area contributed by atoms with E-state index in [1.807, 2.05) is 19.1 Å². The number of hydrogen-bond acceptors (Lipinski definition) is 12. The zero-order valence-electron chi connectivity index (χ0n) is 20.5. The number of rotatable bonds is 9. The highest BCUT2D eigenvalue weighted by molar-refractivity contribution is 7.66. The molecule has 0 saturated carbocycles. The van der Waals surface area contributed by atoms with Gasteiger partial charge in [-0.3, -0.25) is 13.9 Å². The van der Waals surface area contributed by atoms with Crippen molar-refractivity contribution in [3.05, 3.63) is 57.9 Å². The summed E-state index contributed by atoms with van der Waals surface area (Å²) in [5.41, 5.74) is 1.36. The molecule has 0 bridgehead atoms. The van der Waals surface area contributed by atoms with Crippen LogP contribution in [0.4, 0.5) is 0 Å². The van der Waals surface area contributed by atoms with Gasteiger partial charge in [0.2, 0.25) is 0 Å². The summed E-state index contributed by atoms with van der Waals surface area (Å²) in [4.78, 5) is 60.0. The number of H-pyrrole nitrogens is 1. The van der Waals surface area contributed by atoms with Crippen molar-refractivity contribution in [3.63, 3.8) is 0 Å². The first-order valence-corrected chi connectivity index (χ1v) is 15.9. The van der Waals surface area contributed by atoms with Gasteiger partial charge in [-0.15, -0.1) is 0 Å². The van der Waals surface area contributed by atoms with E-state index in [1.54, 1.807) is 19.1 Å². The van der Waals surface area contributed by atoms with Crippen LogP contribution in [0.3, 0.4) is 0 Å². The zero-order valence-corrected chi connectivity index (χ0v) is 23.2. The van der Waals surface area contributed by atoms with Gasteiger partial charge in [-0.05, 0) is 13.8 Å². The lowest BCUT2D eigenvalue weighted by molar-refractivity contribution is -0.152. The topological polar surface area (TPSA) is 251 Å². The van der Waals surface area contributed by atoms with Crippen molar-refractivity contribution in [1.29, 1.82) is 0 Å². The van der Waals surface area contributed by atoms with Gasteiger partial charge in [0.15, 0.2) is 23.7 Å². The second-order valence-electron chi connectivity index (χ2n) is 8.87. The minimum absolute atomic E-state index is 0.0245. The number of phosphoric ester groups is 1. The Balaban J connectivity index is 1.41. The summed E-state index contributed by atoms with van der Waals surface area (Å²) in [6.45, 7) is 2.70. The lowest BCUT2D eigenvalue weighted by atomic mass is 10.1. The Labute approximate surface area is 224 Å². The molecule has 0 amide bonds. The van der Waals surface area contributed by atoms with Crippen LogP contribution in [0, 0.1) is 13.8 Å². The molecule has 2 aliphatic rings. The fraction of sp³-hybridized carbons (Fsp3) is 0.421. The quantitative estimate of drug-likeness (QED) is 0.211. The molecule has 1 aromatic carbocycles. The number of aromatic amines is 1. The van der Waals surface area contributed by atoms with Crippen LogP contribution in [0.15, 0.2) is 35.4 Å². The van der Waals surface area contributed by atoms with Crippen LogP contribution in [0.25, 0.3) is 11.2 Å². The lowest BCUT2D eigenvalue weighted by Gasteiger charge is -2.22. The van der Waals surface area contributed by atoms with Gasteiger partial charge in [-0.25, -0.2) is 23.7 Å². The van der Waals surface area contributed by atoms with Crippen LogP contribution in [-0.2, 0) is 41.1 Å². The summed E-state index contributed by atoms with van der Waals surface area (Å²) in [6, 6.07) is 7.27. The number of nitrogens with zero attached hydrogens (tertiary/aromatic N) is 3. The second kappa shape index (κ2) is 10.6. The predicted molar refractivity (Wildman–Crippen MR) is 130 cm³/mol. The maximum absolute atomic E-state index is 12.3. The molecule has 18 nitrogen and oxygen atoms in total. The molecule has 0 spiro atoms. The molecule has 5 N–H and O–H groups in total. The van der Waals surface area contributed by atoms with Gasteiger partial charge in [-0.1, -0.05) is 29.8 Å². The second-order valence-corrected chi connectivity index (χ2v) is 13.3. The normalized spacial score (nSPS) is 27.9. The average molecular weight is 624 g/mol. The van der Waals surface area contributed by atoms with E-state index in [4.69, 9.17) is 28.5 Å². The summed E-state index contributed by atoms with van der Waals surface area (Å²) >= 11 is 0. The van der Waals surface area contributed by atoms with E-state index in [9.17, 15) is 28.3 Å². The molecular formula is C19H23N4O14P3. The monoisotopic (exact) mass is 624 g/mol. The number of imidazole rings is 1. The molecule has 2 fully saturated rings. The van der Waals surface area contributed by atoms with Gasteiger partial charge in [0.1, 0.15) is 24.1 Å². The maximum atomic E-state index is 12.3. The van der Waals surface area contributed by atoms with Gasteiger partial charge in [0.25, 0.3) is 5.56 Å². The van der Waals surface area contributed by atoms with Crippen molar-refractivity contribution < 1.29 is 60.6 Å². The standard InChI is InChI=1S/C19H23N4O14P3/c1-9-3-5-11(6-4-9)19-34-14-12(7-32-39(28,29)37-40(30,31)36-38(25,26)27)33-18(15(14)35-19)23-8-20-13-16(23)21-10(2)22-17(13)24/h3-6,8,12,14-15,18-19H,7H2,1-2H3,(H,28,29)(H,30,31)(H,21,22,24)(H2,25,26,27)/t12-,14?,15+,18-,19?/m1/s1. The number of benzene rings is 1. The molecular weight excluding hydrogens is 601 g/mol. The van der Waals surface area contributed by atoms with Crippen LogP contribution in [-0.4, -0.2) is 64.0 Å². The molecule has 218 valence electrons. The highest BCUT2D eigenvalue weighted by Crippen LogP contribution is 2.66. The number of phosphoric acid groups is 3. The van der Waals surface area contributed by atoms with E-state index in [0.717, 1.165) is 5.56 Å². The van der Waals surface area contributed by atoms with Gasteiger partial charge in [0.05, 0.1) is 12.9 Å². The minimum Gasteiger partial charge on any atom is -0.347 e. The molecule has 21 heteroatoms. The van der Waals surface area contributed by atoms with E-state index >= 15 is 0 Å². The first kappa shape index (κ1) is 29.4. The number of hydrogen-bond donors (Lipinski definition) is 5. The third kappa shape index (κ3) is 6.35. The minimum atomic E-state index is -5.71. The third-order valence-corrected chi connectivity index (χ3v) is 9.64. The van der Waals surface area contributed by atoms with Gasteiger partial charge >= 0.3 is 23.5 Å². The van der Waals surface area contributed by atoms with Crippen LogP contribution < -0.4 is 5.56 Å². The summed E-state index contributed by atoms with van der Waals surface area (Å²) in [7, 11) is -16.7. The predicted octanol–water partition coefficient (Wildman–Crippen LogP) is 1.46. The molecule has 40 heavy (non-hydrogen) atoms. The molecule has 7 atom stereocenters. The van der Waals surface area contributed by atoms with Gasteiger partial charge in [-0.2, -0.15) is 8.62 Å². The zero-order chi connectivity index (χ0) is 29.0. The molecule has 2 saturated heterocycles. The number of aromatic nitrogens is 4. The number of ether oxygens (including phenoxy) is 3. The van der Waals surface area contributed by atoms with Crippen molar-refractivity contribution in [3.8, 4) is 0 Å². The Hall–Kier alpha value is -2.14. The largest absolute Gasteiger partial charge is 0.490 e. The Kier molecular flexibility index (Phi) is 7.78. The van der Waals surface area contributed by atoms with E-state index in [-0.39, 0.29) is 11.2 Å². The molecule has 5 rings (SSSR count). The Morgan fingerprint density at radius 1 is 0.975 bits per heavy atom. The Morgan fingerprint density at radius 2 is 1.65 bits per heavy atom. The number of nitrogens with one attached hydrogen (secondary N) is 1. The summed E-state index contributed by atoms with van der Waals surface area (Å²) < 4.78 is 66.7. The fourth-order valence-electron chi connectivity index (χ4n) is 4.27. The smallest absolute Gasteiger partial charge is 0.347 e. The van der Waals surface area contributed by atoms with Crippen molar-refractivity contribution in [2.24, 2.45) is 0 Å². The van der Waals surface area contributed by atoms with E-state index in [2.05, 4.69) is 23.6 Å². The maximum Gasteiger partial charge on any atom is 0.490 e. The van der Waals surface area contributed by atoms with Crippen LogP contribution in [0.2, 0.25) is 0 Å². The lowest BCUT2D eigenvalue weighted by Crippen LogP contribution is -2.31. The molecule has 3 aromatic rings. The van der Waals surface area contributed by atoms with Crippen LogP contribution in [0.5, 0.6) is 0 Å². The van der Waals surface area contributed by atoms with E-state index in [1.165, 1.54) is 10.9 Å². The van der Waals surface area contributed by atoms with Gasteiger partial charge < -0.3 is 38.8 Å². The van der Waals surface area contributed by atoms with Gasteiger partial charge in [0, 0.05) is 5.56 Å².